The minimum atomic E-state index is 0.243. The first kappa shape index (κ1) is 10.3. The molecule has 3 N–H and O–H groups in total. The van der Waals surface area contributed by atoms with Crippen LogP contribution in [-0.2, 0) is 4.74 Å². The highest BCUT2D eigenvalue weighted by atomic mass is 16.5. The van der Waals surface area contributed by atoms with Crippen molar-refractivity contribution in [2.24, 2.45) is 10.8 Å². The van der Waals surface area contributed by atoms with Crippen LogP contribution in [0.3, 0.4) is 0 Å². The Balaban J connectivity index is 2.56. The third kappa shape index (κ3) is 2.86. The maximum Gasteiger partial charge on any atom is 0.208 e. The predicted octanol–water partition coefficient (Wildman–Crippen LogP) is -0.454. The number of hydrazine groups is 1. The molecule has 5 nitrogen and oxygen atoms in total. The summed E-state index contributed by atoms with van der Waals surface area (Å²) >= 11 is 0. The normalized spacial score (nSPS) is 25.6. The quantitative estimate of drug-likeness (QED) is 0.233. The van der Waals surface area contributed by atoms with Crippen molar-refractivity contribution in [1.82, 2.24) is 10.3 Å². The Morgan fingerprint density at radius 2 is 2.46 bits per heavy atom. The molecule has 1 saturated heterocycles. The van der Waals surface area contributed by atoms with Gasteiger partial charge in [0.1, 0.15) is 0 Å². The molecule has 1 unspecified atom stereocenters. The zero-order valence-electron chi connectivity index (χ0n) is 8.29. The summed E-state index contributed by atoms with van der Waals surface area (Å²) in [6.07, 6.45) is 1.26. The molecule has 1 atom stereocenters. The van der Waals surface area contributed by atoms with Crippen LogP contribution in [0.2, 0.25) is 0 Å². The smallest absolute Gasteiger partial charge is 0.208 e. The third-order valence-electron chi connectivity index (χ3n) is 2.09. The second kappa shape index (κ2) is 5.04. The molecule has 1 heterocycles. The van der Waals surface area contributed by atoms with Crippen LogP contribution in [0.25, 0.3) is 0 Å². The molecule has 0 aliphatic carbocycles. The van der Waals surface area contributed by atoms with E-state index in [4.69, 9.17) is 10.6 Å². The molecule has 1 aliphatic rings. The van der Waals surface area contributed by atoms with E-state index in [0.717, 1.165) is 32.1 Å². The fraction of sp³-hybridized carbons (Fsp3) is 0.875. The number of guanidine groups is 1. The highest BCUT2D eigenvalue weighted by Crippen LogP contribution is 2.04. The molecule has 0 saturated carbocycles. The van der Waals surface area contributed by atoms with E-state index in [1.54, 1.807) is 7.05 Å². The van der Waals surface area contributed by atoms with E-state index in [9.17, 15) is 0 Å². The van der Waals surface area contributed by atoms with Crippen LogP contribution in [0.15, 0.2) is 4.99 Å². The third-order valence-corrected chi connectivity index (χ3v) is 2.09. The predicted molar refractivity (Wildman–Crippen MR) is 52.3 cm³/mol. The molecule has 0 spiro atoms. The lowest BCUT2D eigenvalue weighted by Gasteiger charge is -2.24. The zero-order valence-corrected chi connectivity index (χ0v) is 8.29. The highest BCUT2D eigenvalue weighted by Gasteiger charge is 2.16. The molecule has 0 radical (unpaired) electrons. The molecule has 1 rings (SSSR count). The average Bonchev–Trinajstić information content (AvgIpc) is 2.32. The number of rotatable bonds is 0. The van der Waals surface area contributed by atoms with Crippen molar-refractivity contribution < 1.29 is 4.74 Å². The Hall–Kier alpha value is -0.810. The summed E-state index contributed by atoms with van der Waals surface area (Å²) in [5.74, 6) is 6.08. The van der Waals surface area contributed by atoms with E-state index in [1.165, 1.54) is 0 Å². The Labute approximate surface area is 78.9 Å². The first-order chi connectivity index (χ1) is 6.27. The summed E-state index contributed by atoms with van der Waals surface area (Å²) in [6.45, 7) is 4.67. The van der Waals surface area contributed by atoms with Gasteiger partial charge in [-0.2, -0.15) is 0 Å². The second-order valence-corrected chi connectivity index (χ2v) is 3.17. The van der Waals surface area contributed by atoms with Gasteiger partial charge in [0.05, 0.1) is 6.10 Å². The molecule has 76 valence electrons. The summed E-state index contributed by atoms with van der Waals surface area (Å²) in [7, 11) is 1.73. The molecule has 0 aromatic heterocycles. The first-order valence-corrected chi connectivity index (χ1v) is 4.58. The summed E-state index contributed by atoms with van der Waals surface area (Å²) in [4.78, 5) is 6.17. The van der Waals surface area contributed by atoms with Crippen molar-refractivity contribution in [1.29, 1.82) is 0 Å². The van der Waals surface area contributed by atoms with Crippen LogP contribution in [0.1, 0.15) is 13.3 Å². The fourth-order valence-electron chi connectivity index (χ4n) is 1.48. The van der Waals surface area contributed by atoms with Gasteiger partial charge in [0.2, 0.25) is 5.96 Å². The van der Waals surface area contributed by atoms with Crippen LogP contribution in [0.4, 0.5) is 0 Å². The van der Waals surface area contributed by atoms with Gasteiger partial charge in [0, 0.05) is 26.7 Å². The van der Waals surface area contributed by atoms with Crippen LogP contribution in [-0.4, -0.2) is 43.7 Å². The van der Waals surface area contributed by atoms with Crippen molar-refractivity contribution in [2.45, 2.75) is 19.4 Å². The van der Waals surface area contributed by atoms with E-state index >= 15 is 0 Å². The Morgan fingerprint density at radius 3 is 3.08 bits per heavy atom. The minimum absolute atomic E-state index is 0.243. The number of nitrogens with one attached hydrogen (secondary N) is 1. The Morgan fingerprint density at radius 1 is 1.69 bits per heavy atom. The van der Waals surface area contributed by atoms with Gasteiger partial charge in [-0.05, 0) is 13.3 Å². The molecule has 13 heavy (non-hydrogen) atoms. The SMILES string of the molecule is CN=C(NN)N1CCCOC(C)C1. The van der Waals surface area contributed by atoms with Crippen molar-refractivity contribution in [3.05, 3.63) is 0 Å². The lowest BCUT2D eigenvalue weighted by molar-refractivity contribution is 0.0741. The number of nitrogens with two attached hydrogens (primary N) is 1. The molecule has 0 amide bonds. The molecule has 0 bridgehead atoms. The second-order valence-electron chi connectivity index (χ2n) is 3.17. The summed E-state index contributed by atoms with van der Waals surface area (Å²) < 4.78 is 5.51. The topological polar surface area (TPSA) is 62.9 Å². The molecule has 0 aromatic rings. The van der Waals surface area contributed by atoms with Gasteiger partial charge in [0.15, 0.2) is 0 Å². The Kier molecular flexibility index (Phi) is 3.98. The standard InChI is InChI=1S/C8H18N4O/c1-7-6-12(4-3-5-13-7)8(10-2)11-9/h7H,3-6,9H2,1-2H3,(H,10,11). The lowest BCUT2D eigenvalue weighted by Crippen LogP contribution is -2.46. The first-order valence-electron chi connectivity index (χ1n) is 4.58. The molecular weight excluding hydrogens is 168 g/mol. The van der Waals surface area contributed by atoms with Crippen molar-refractivity contribution in [3.8, 4) is 0 Å². The van der Waals surface area contributed by atoms with E-state index in [1.807, 2.05) is 0 Å². The minimum Gasteiger partial charge on any atom is -0.377 e. The average molecular weight is 186 g/mol. The monoisotopic (exact) mass is 186 g/mol. The number of aliphatic imine (C=N–C) groups is 1. The van der Waals surface area contributed by atoms with Crippen molar-refractivity contribution in [3.63, 3.8) is 0 Å². The largest absolute Gasteiger partial charge is 0.377 e. The van der Waals surface area contributed by atoms with E-state index in [2.05, 4.69) is 22.2 Å². The van der Waals surface area contributed by atoms with Gasteiger partial charge >= 0.3 is 0 Å². The van der Waals surface area contributed by atoms with E-state index in [0.29, 0.717) is 0 Å². The van der Waals surface area contributed by atoms with Gasteiger partial charge in [-0.25, -0.2) is 5.84 Å². The number of hydrogen-bond acceptors (Lipinski definition) is 3. The van der Waals surface area contributed by atoms with E-state index < -0.39 is 0 Å². The van der Waals surface area contributed by atoms with Gasteiger partial charge in [-0.1, -0.05) is 0 Å². The van der Waals surface area contributed by atoms with Crippen LogP contribution < -0.4 is 11.3 Å². The van der Waals surface area contributed by atoms with Crippen LogP contribution in [0.5, 0.6) is 0 Å². The molecule has 1 aliphatic heterocycles. The number of hydrogen-bond donors (Lipinski definition) is 2. The Bertz CT molecular complexity index is 183. The molecule has 5 heteroatoms. The molecular formula is C8H18N4O. The molecule has 1 fully saturated rings. The maximum absolute atomic E-state index is 5.51. The van der Waals surface area contributed by atoms with Gasteiger partial charge in [-0.15, -0.1) is 0 Å². The van der Waals surface area contributed by atoms with Gasteiger partial charge in [-0.3, -0.25) is 10.4 Å². The van der Waals surface area contributed by atoms with Crippen molar-refractivity contribution in [2.75, 3.05) is 26.7 Å². The lowest BCUT2D eigenvalue weighted by atomic mass is 10.3. The number of nitrogens with zero attached hydrogens (tertiary/aromatic N) is 2. The number of ether oxygens (including phenoxy) is 1. The highest BCUT2D eigenvalue weighted by molar-refractivity contribution is 5.79. The van der Waals surface area contributed by atoms with Crippen molar-refractivity contribution >= 4 is 5.96 Å². The summed E-state index contributed by atoms with van der Waals surface area (Å²) in [5.41, 5.74) is 2.59. The summed E-state index contributed by atoms with van der Waals surface area (Å²) in [6, 6.07) is 0. The fourth-order valence-corrected chi connectivity index (χ4v) is 1.48. The van der Waals surface area contributed by atoms with E-state index in [-0.39, 0.29) is 6.10 Å². The molecule has 0 aromatic carbocycles. The summed E-state index contributed by atoms with van der Waals surface area (Å²) in [5, 5.41) is 0. The van der Waals surface area contributed by atoms with Gasteiger partial charge in [0.25, 0.3) is 0 Å². The zero-order chi connectivity index (χ0) is 9.68. The van der Waals surface area contributed by atoms with Crippen LogP contribution in [0, 0.1) is 0 Å². The maximum atomic E-state index is 5.51. The van der Waals surface area contributed by atoms with Crippen LogP contribution >= 0.6 is 0 Å². The van der Waals surface area contributed by atoms with Gasteiger partial charge < -0.3 is 9.64 Å².